The fraction of sp³-hybridized carbons (Fsp3) is 0. The summed E-state index contributed by atoms with van der Waals surface area (Å²) in [4.78, 5) is 14.2. The van der Waals surface area contributed by atoms with Crippen LogP contribution in [-0.4, -0.2) is 20.6 Å². The highest BCUT2D eigenvalue weighted by Gasteiger charge is 2.10. The van der Waals surface area contributed by atoms with Gasteiger partial charge in [-0.25, -0.2) is 14.2 Å². The lowest BCUT2D eigenvalue weighted by atomic mass is 10.3. The molecule has 0 atom stereocenters. The van der Waals surface area contributed by atoms with E-state index in [1.807, 2.05) is 0 Å². The second kappa shape index (κ2) is 3.94. The van der Waals surface area contributed by atoms with Crippen molar-refractivity contribution in [2.45, 2.75) is 0 Å². The number of imidazole rings is 1. The smallest absolute Gasteiger partial charge is 0.356 e. The lowest BCUT2D eigenvalue weighted by Gasteiger charge is -2.03. The van der Waals surface area contributed by atoms with Gasteiger partial charge in [-0.3, -0.25) is 0 Å². The number of benzene rings is 1. The van der Waals surface area contributed by atoms with E-state index in [0.717, 1.165) is 6.07 Å². The van der Waals surface area contributed by atoms with Crippen molar-refractivity contribution < 1.29 is 14.3 Å². The third-order valence-corrected chi connectivity index (χ3v) is 2.22. The van der Waals surface area contributed by atoms with Crippen molar-refractivity contribution >= 4 is 17.6 Å². The van der Waals surface area contributed by atoms with Gasteiger partial charge in [0.1, 0.15) is 12.1 Å². The van der Waals surface area contributed by atoms with Crippen LogP contribution < -0.4 is 0 Å². The fourth-order valence-electron chi connectivity index (χ4n) is 1.26. The first-order valence-electron chi connectivity index (χ1n) is 4.30. The van der Waals surface area contributed by atoms with Crippen molar-refractivity contribution in [3.8, 4) is 5.69 Å². The quantitative estimate of drug-likeness (QED) is 0.877. The molecular weight excluding hydrogens is 235 g/mol. The predicted octanol–water partition coefficient (Wildman–Crippen LogP) is 2.36. The molecule has 2 rings (SSSR count). The van der Waals surface area contributed by atoms with Crippen LogP contribution in [-0.2, 0) is 0 Å². The molecule has 1 aromatic carbocycles. The Morgan fingerprint density at radius 2 is 2.25 bits per heavy atom. The number of hydrogen-bond donors (Lipinski definition) is 1. The van der Waals surface area contributed by atoms with E-state index in [-0.39, 0.29) is 16.4 Å². The molecule has 1 N–H and O–H groups in total. The van der Waals surface area contributed by atoms with Crippen LogP contribution in [0.5, 0.6) is 0 Å². The highest BCUT2D eigenvalue weighted by atomic mass is 35.5. The Bertz CT molecular complexity index is 554. The summed E-state index contributed by atoms with van der Waals surface area (Å²) < 4.78 is 14.8. The van der Waals surface area contributed by atoms with E-state index >= 15 is 0 Å². The Labute approximate surface area is 94.9 Å². The van der Waals surface area contributed by atoms with Crippen LogP contribution in [0.4, 0.5) is 4.39 Å². The van der Waals surface area contributed by atoms with Crippen LogP contribution in [0.3, 0.4) is 0 Å². The van der Waals surface area contributed by atoms with Crippen molar-refractivity contribution in [1.82, 2.24) is 9.55 Å². The maximum atomic E-state index is 13.5. The van der Waals surface area contributed by atoms with E-state index in [4.69, 9.17) is 16.7 Å². The summed E-state index contributed by atoms with van der Waals surface area (Å²) in [5.41, 5.74) is 0.0544. The molecule has 0 radical (unpaired) electrons. The number of carboxylic acids is 1. The molecule has 82 valence electrons. The number of aromatic nitrogens is 2. The second-order valence-electron chi connectivity index (χ2n) is 3.07. The molecule has 0 saturated heterocycles. The first-order chi connectivity index (χ1) is 7.58. The van der Waals surface area contributed by atoms with Crippen molar-refractivity contribution in [1.29, 1.82) is 0 Å². The van der Waals surface area contributed by atoms with Crippen molar-refractivity contribution in [3.05, 3.63) is 47.3 Å². The molecule has 0 aliphatic heterocycles. The number of carbonyl (C=O) groups is 1. The molecule has 0 amide bonds. The van der Waals surface area contributed by atoms with Crippen molar-refractivity contribution in [2.75, 3.05) is 0 Å². The number of carboxylic acid groups (broad SMARTS) is 1. The van der Waals surface area contributed by atoms with E-state index in [0.29, 0.717) is 0 Å². The van der Waals surface area contributed by atoms with Crippen LogP contribution >= 0.6 is 11.6 Å². The number of hydrogen-bond acceptors (Lipinski definition) is 2. The first-order valence-corrected chi connectivity index (χ1v) is 4.68. The van der Waals surface area contributed by atoms with Gasteiger partial charge in [-0.2, -0.15) is 0 Å². The number of nitrogens with zero attached hydrogens (tertiary/aromatic N) is 2. The first kappa shape index (κ1) is 10.6. The molecule has 0 spiro atoms. The minimum Gasteiger partial charge on any atom is -0.476 e. The van der Waals surface area contributed by atoms with Gasteiger partial charge in [0.2, 0.25) is 0 Å². The summed E-state index contributed by atoms with van der Waals surface area (Å²) >= 11 is 5.60. The standard InChI is InChI=1S/C10H6ClFN2O2/c11-6-1-2-9(7(12)3-6)14-4-8(10(15)16)13-5-14/h1-5H,(H,15,16). The molecule has 2 aromatic rings. The second-order valence-corrected chi connectivity index (χ2v) is 3.50. The van der Waals surface area contributed by atoms with Gasteiger partial charge in [-0.15, -0.1) is 0 Å². The molecule has 4 nitrogen and oxygen atoms in total. The Morgan fingerprint density at radius 1 is 1.50 bits per heavy atom. The van der Waals surface area contributed by atoms with Crippen LogP contribution in [0.2, 0.25) is 5.02 Å². The minimum atomic E-state index is -1.16. The average molecular weight is 241 g/mol. The summed E-state index contributed by atoms with van der Waals surface area (Å²) in [7, 11) is 0. The van der Waals surface area contributed by atoms with Crippen LogP contribution in [0.1, 0.15) is 10.5 Å². The van der Waals surface area contributed by atoms with Crippen LogP contribution in [0.15, 0.2) is 30.7 Å². The maximum Gasteiger partial charge on any atom is 0.356 e. The topological polar surface area (TPSA) is 55.1 Å². The Balaban J connectivity index is 2.46. The predicted molar refractivity (Wildman–Crippen MR) is 55.5 cm³/mol. The summed E-state index contributed by atoms with van der Waals surface area (Å²) in [5.74, 6) is -1.70. The van der Waals surface area contributed by atoms with E-state index in [1.54, 1.807) is 0 Å². The largest absolute Gasteiger partial charge is 0.476 e. The zero-order valence-electron chi connectivity index (χ0n) is 7.89. The highest BCUT2D eigenvalue weighted by molar-refractivity contribution is 6.30. The summed E-state index contributed by atoms with van der Waals surface area (Å²) in [6.07, 6.45) is 2.46. The molecule has 0 saturated carbocycles. The zero-order valence-corrected chi connectivity index (χ0v) is 8.65. The number of halogens is 2. The van der Waals surface area contributed by atoms with Gasteiger partial charge < -0.3 is 9.67 Å². The molecule has 0 aliphatic carbocycles. The van der Waals surface area contributed by atoms with E-state index in [2.05, 4.69) is 4.98 Å². The Morgan fingerprint density at radius 3 is 2.81 bits per heavy atom. The minimum absolute atomic E-state index is 0.144. The fourth-order valence-corrected chi connectivity index (χ4v) is 1.41. The molecule has 0 aliphatic rings. The van der Waals surface area contributed by atoms with Gasteiger partial charge >= 0.3 is 5.97 Å². The maximum absolute atomic E-state index is 13.5. The third-order valence-electron chi connectivity index (χ3n) is 1.99. The van der Waals surface area contributed by atoms with E-state index < -0.39 is 11.8 Å². The van der Waals surface area contributed by atoms with Gasteiger partial charge in [0.15, 0.2) is 5.69 Å². The molecule has 0 unspecified atom stereocenters. The Kier molecular flexibility index (Phi) is 2.62. The lowest BCUT2D eigenvalue weighted by Crippen LogP contribution is -1.97. The van der Waals surface area contributed by atoms with E-state index in [9.17, 15) is 9.18 Å². The SMILES string of the molecule is O=C(O)c1cn(-c2ccc(Cl)cc2F)cn1. The summed E-state index contributed by atoms with van der Waals surface area (Å²) in [6.45, 7) is 0. The molecule has 1 heterocycles. The van der Waals surface area contributed by atoms with Crippen LogP contribution in [0.25, 0.3) is 5.69 Å². The van der Waals surface area contributed by atoms with Gasteiger partial charge in [-0.05, 0) is 18.2 Å². The Hall–Kier alpha value is -1.88. The molecule has 6 heteroatoms. The van der Waals surface area contributed by atoms with Gasteiger partial charge in [0, 0.05) is 11.2 Å². The molecular formula is C10H6ClFN2O2. The summed E-state index contributed by atoms with van der Waals surface area (Å²) in [6, 6.07) is 4.11. The average Bonchev–Trinajstić information content (AvgIpc) is 2.66. The monoisotopic (exact) mass is 240 g/mol. The third kappa shape index (κ3) is 1.90. The lowest BCUT2D eigenvalue weighted by molar-refractivity contribution is 0.0691. The zero-order chi connectivity index (χ0) is 11.7. The van der Waals surface area contributed by atoms with Gasteiger partial charge in [0.25, 0.3) is 0 Å². The highest BCUT2D eigenvalue weighted by Crippen LogP contribution is 2.18. The van der Waals surface area contributed by atoms with E-state index in [1.165, 1.54) is 29.2 Å². The van der Waals surface area contributed by atoms with Crippen LogP contribution in [0, 0.1) is 5.82 Å². The molecule has 0 fully saturated rings. The molecule has 0 bridgehead atoms. The number of aromatic carboxylic acids is 1. The van der Waals surface area contributed by atoms with Crippen molar-refractivity contribution in [3.63, 3.8) is 0 Å². The van der Waals surface area contributed by atoms with Crippen molar-refractivity contribution in [2.24, 2.45) is 0 Å². The number of rotatable bonds is 2. The molecule has 1 aromatic heterocycles. The molecule has 16 heavy (non-hydrogen) atoms. The van der Waals surface area contributed by atoms with Gasteiger partial charge in [0.05, 0.1) is 5.69 Å². The normalized spacial score (nSPS) is 10.4. The van der Waals surface area contributed by atoms with Gasteiger partial charge in [-0.1, -0.05) is 11.6 Å². The summed E-state index contributed by atoms with van der Waals surface area (Å²) in [5, 5.41) is 8.95.